The second-order valence-corrected chi connectivity index (χ2v) is 4.35. The number of nitrogens with two attached hydrogens (primary N) is 1. The predicted octanol–water partition coefficient (Wildman–Crippen LogP) is 3.29. The quantitative estimate of drug-likeness (QED) is 0.919. The van der Waals surface area contributed by atoms with Crippen molar-refractivity contribution in [2.75, 3.05) is 7.11 Å². The average molecular weight is 259 g/mol. The Morgan fingerprint density at radius 3 is 2.47 bits per heavy atom. The lowest BCUT2D eigenvalue weighted by Crippen LogP contribution is -2.13. The number of hydrogen-bond acceptors (Lipinski definition) is 2. The zero-order valence-electron chi connectivity index (χ0n) is 11.8. The Labute approximate surface area is 114 Å². The molecular formula is C16H21NO2. The molecule has 2 rings (SSSR count). The number of primary amides is 1. The first kappa shape index (κ1) is 15.0. The van der Waals surface area contributed by atoms with Gasteiger partial charge in [-0.15, -0.1) is 0 Å². The maximum absolute atomic E-state index is 11.0. The van der Waals surface area contributed by atoms with Gasteiger partial charge in [-0.1, -0.05) is 44.5 Å². The number of benzene rings is 2. The van der Waals surface area contributed by atoms with Crippen LogP contribution in [0.1, 0.15) is 25.8 Å². The third kappa shape index (κ3) is 4.28. The number of ether oxygens (including phenoxy) is 1. The molecule has 1 amide bonds. The van der Waals surface area contributed by atoms with Gasteiger partial charge in [0.1, 0.15) is 5.75 Å². The van der Waals surface area contributed by atoms with Crippen LogP contribution in [0.3, 0.4) is 0 Å². The lowest BCUT2D eigenvalue weighted by Gasteiger charge is -2.06. The molecule has 0 heterocycles. The zero-order chi connectivity index (χ0) is 14.3. The van der Waals surface area contributed by atoms with E-state index < -0.39 is 0 Å². The second kappa shape index (κ2) is 7.41. The van der Waals surface area contributed by atoms with Gasteiger partial charge in [0.25, 0.3) is 0 Å². The molecule has 0 bridgehead atoms. The van der Waals surface area contributed by atoms with Gasteiger partial charge in [-0.05, 0) is 28.5 Å². The molecule has 0 aliphatic rings. The van der Waals surface area contributed by atoms with Gasteiger partial charge < -0.3 is 10.5 Å². The first-order valence-electron chi connectivity index (χ1n) is 6.46. The van der Waals surface area contributed by atoms with Gasteiger partial charge >= 0.3 is 0 Å². The number of carbonyl (C=O) groups excluding carboxylic acids is 1. The number of hydrogen-bond donors (Lipinski definition) is 1. The Morgan fingerprint density at radius 1 is 1.21 bits per heavy atom. The highest BCUT2D eigenvalue weighted by Gasteiger charge is 2.04. The minimum Gasteiger partial charge on any atom is -0.497 e. The van der Waals surface area contributed by atoms with E-state index in [0.717, 1.165) is 22.1 Å². The van der Waals surface area contributed by atoms with Crippen LogP contribution in [0, 0.1) is 0 Å². The normalized spacial score (nSPS) is 9.63. The molecule has 0 radical (unpaired) electrons. The van der Waals surface area contributed by atoms with Crippen molar-refractivity contribution in [1.29, 1.82) is 0 Å². The maximum Gasteiger partial charge on any atom is 0.221 e. The molecule has 0 unspecified atom stereocenters. The summed E-state index contributed by atoms with van der Waals surface area (Å²) >= 11 is 0. The van der Waals surface area contributed by atoms with Gasteiger partial charge in [0.2, 0.25) is 5.91 Å². The van der Waals surface area contributed by atoms with Crippen molar-refractivity contribution in [1.82, 2.24) is 0 Å². The Hall–Kier alpha value is -2.03. The van der Waals surface area contributed by atoms with E-state index in [1.807, 2.05) is 36.4 Å². The van der Waals surface area contributed by atoms with Gasteiger partial charge in [-0.3, -0.25) is 4.79 Å². The zero-order valence-corrected chi connectivity index (χ0v) is 11.8. The molecule has 0 saturated heterocycles. The van der Waals surface area contributed by atoms with E-state index in [9.17, 15) is 4.79 Å². The van der Waals surface area contributed by atoms with E-state index in [0.29, 0.717) is 0 Å². The largest absolute Gasteiger partial charge is 0.497 e. The van der Waals surface area contributed by atoms with Crippen molar-refractivity contribution in [2.45, 2.75) is 26.7 Å². The summed E-state index contributed by atoms with van der Waals surface area (Å²) in [5, 5.41) is 2.10. The van der Waals surface area contributed by atoms with Crippen LogP contribution >= 0.6 is 0 Å². The molecule has 2 aromatic carbocycles. The molecule has 0 atom stereocenters. The number of rotatable bonds is 3. The first-order chi connectivity index (χ1) is 9.12. The van der Waals surface area contributed by atoms with Crippen molar-refractivity contribution in [3.8, 4) is 5.75 Å². The Balaban J connectivity index is 0.000000550. The van der Waals surface area contributed by atoms with Crippen LogP contribution in [0.5, 0.6) is 5.75 Å². The summed E-state index contributed by atoms with van der Waals surface area (Å²) < 4.78 is 5.17. The summed E-state index contributed by atoms with van der Waals surface area (Å²) in [5.74, 6) is 0.458. The van der Waals surface area contributed by atoms with Gasteiger partial charge in [-0.2, -0.15) is 0 Å². The van der Waals surface area contributed by atoms with Crippen LogP contribution in [0.2, 0.25) is 0 Å². The fourth-order valence-electron chi connectivity index (χ4n) is 1.79. The molecule has 0 aliphatic heterocycles. The molecule has 2 aromatic rings. The fourth-order valence-corrected chi connectivity index (χ4v) is 1.79. The average Bonchev–Trinajstić information content (AvgIpc) is 2.39. The van der Waals surface area contributed by atoms with Gasteiger partial charge in [-0.25, -0.2) is 0 Å². The third-order valence-electron chi connectivity index (χ3n) is 2.54. The van der Waals surface area contributed by atoms with E-state index in [-0.39, 0.29) is 12.3 Å². The maximum atomic E-state index is 11.0. The summed E-state index contributed by atoms with van der Waals surface area (Å²) in [6, 6.07) is 11.6. The van der Waals surface area contributed by atoms with Crippen LogP contribution in [-0.4, -0.2) is 13.0 Å². The minimum atomic E-state index is -0.324. The monoisotopic (exact) mass is 259 g/mol. The second-order valence-electron chi connectivity index (χ2n) is 4.35. The Kier molecular flexibility index (Phi) is 5.86. The van der Waals surface area contributed by atoms with Crippen molar-refractivity contribution >= 4 is 16.7 Å². The molecule has 3 heteroatoms. The highest BCUT2D eigenvalue weighted by atomic mass is 16.5. The Bertz CT molecular complexity index is 549. The van der Waals surface area contributed by atoms with Crippen LogP contribution in [0.25, 0.3) is 10.8 Å². The standard InChI is InChI=1S/C13H13NO2.C3H8/c1-16-11-6-5-9-3-2-4-10(7-13(14)15)12(9)8-11;1-3-2/h2-6,8H,7H2,1H3,(H2,14,15);3H2,1-2H3. The van der Waals surface area contributed by atoms with Gasteiger partial charge in [0.05, 0.1) is 13.5 Å². The molecule has 0 saturated carbocycles. The summed E-state index contributed by atoms with van der Waals surface area (Å²) in [6.07, 6.45) is 1.50. The number of carbonyl (C=O) groups is 1. The molecule has 19 heavy (non-hydrogen) atoms. The molecule has 2 N–H and O–H groups in total. The highest BCUT2D eigenvalue weighted by Crippen LogP contribution is 2.24. The Morgan fingerprint density at radius 2 is 1.89 bits per heavy atom. The summed E-state index contributed by atoms with van der Waals surface area (Å²) in [6.45, 7) is 4.25. The van der Waals surface area contributed by atoms with Crippen LogP contribution < -0.4 is 10.5 Å². The fraction of sp³-hybridized carbons (Fsp3) is 0.312. The smallest absolute Gasteiger partial charge is 0.221 e. The molecule has 102 valence electrons. The molecule has 0 fully saturated rings. The van der Waals surface area contributed by atoms with Crippen LogP contribution in [0.4, 0.5) is 0 Å². The number of amides is 1. The lowest BCUT2D eigenvalue weighted by atomic mass is 10.0. The summed E-state index contributed by atoms with van der Waals surface area (Å²) in [4.78, 5) is 11.0. The molecule has 0 spiro atoms. The number of methoxy groups -OCH3 is 1. The minimum absolute atomic E-state index is 0.254. The molecule has 0 aromatic heterocycles. The predicted molar refractivity (Wildman–Crippen MR) is 79.4 cm³/mol. The van der Waals surface area contributed by atoms with Gasteiger partial charge in [0.15, 0.2) is 0 Å². The van der Waals surface area contributed by atoms with Crippen LogP contribution in [0.15, 0.2) is 36.4 Å². The topological polar surface area (TPSA) is 52.3 Å². The lowest BCUT2D eigenvalue weighted by molar-refractivity contribution is -0.117. The SMILES string of the molecule is CCC.COc1ccc2cccc(CC(N)=O)c2c1. The first-order valence-corrected chi connectivity index (χ1v) is 6.46. The van der Waals surface area contributed by atoms with E-state index in [1.54, 1.807) is 7.11 Å². The molecule has 3 nitrogen and oxygen atoms in total. The van der Waals surface area contributed by atoms with Gasteiger partial charge in [0, 0.05) is 0 Å². The number of fused-ring (bicyclic) bond motifs is 1. The summed E-state index contributed by atoms with van der Waals surface area (Å²) in [5.41, 5.74) is 6.15. The van der Waals surface area contributed by atoms with E-state index in [1.165, 1.54) is 6.42 Å². The third-order valence-corrected chi connectivity index (χ3v) is 2.54. The van der Waals surface area contributed by atoms with E-state index in [2.05, 4.69) is 13.8 Å². The highest BCUT2D eigenvalue weighted by molar-refractivity contribution is 5.90. The summed E-state index contributed by atoms with van der Waals surface area (Å²) in [7, 11) is 1.62. The van der Waals surface area contributed by atoms with E-state index in [4.69, 9.17) is 10.5 Å². The van der Waals surface area contributed by atoms with Crippen molar-refractivity contribution in [2.24, 2.45) is 5.73 Å². The van der Waals surface area contributed by atoms with Crippen molar-refractivity contribution < 1.29 is 9.53 Å². The van der Waals surface area contributed by atoms with Crippen LogP contribution in [-0.2, 0) is 11.2 Å². The van der Waals surface area contributed by atoms with E-state index >= 15 is 0 Å². The van der Waals surface area contributed by atoms with Crippen molar-refractivity contribution in [3.05, 3.63) is 42.0 Å². The molecule has 0 aliphatic carbocycles. The molecular weight excluding hydrogens is 238 g/mol. The van der Waals surface area contributed by atoms with Crippen molar-refractivity contribution in [3.63, 3.8) is 0 Å².